The molecule has 7 heteroatoms. The average Bonchev–Trinajstić information content (AvgIpc) is 3.60. The van der Waals surface area contributed by atoms with E-state index in [1.165, 1.54) is 18.4 Å². The van der Waals surface area contributed by atoms with Gasteiger partial charge >= 0.3 is 0 Å². The van der Waals surface area contributed by atoms with Crippen molar-refractivity contribution in [1.29, 1.82) is 0 Å². The van der Waals surface area contributed by atoms with Crippen LogP contribution in [-0.4, -0.2) is 57.0 Å². The van der Waals surface area contributed by atoms with Gasteiger partial charge in [-0.2, -0.15) is 0 Å². The highest BCUT2D eigenvalue weighted by atomic mass is 35.5. The van der Waals surface area contributed by atoms with Crippen LogP contribution in [0.3, 0.4) is 0 Å². The maximum atomic E-state index is 12.7. The molecule has 0 unspecified atom stereocenters. The Morgan fingerprint density at radius 2 is 2.00 bits per heavy atom. The van der Waals surface area contributed by atoms with Crippen LogP contribution in [0.15, 0.2) is 30.5 Å². The maximum absolute atomic E-state index is 12.7. The van der Waals surface area contributed by atoms with Crippen LogP contribution in [0.5, 0.6) is 11.5 Å². The number of pyridine rings is 1. The second-order valence-electron chi connectivity index (χ2n) is 12.4. The Morgan fingerprint density at radius 3 is 2.75 bits per heavy atom. The van der Waals surface area contributed by atoms with Crippen LogP contribution in [0.25, 0.3) is 0 Å². The summed E-state index contributed by atoms with van der Waals surface area (Å²) < 4.78 is 6.86. The molecule has 2 aromatic rings. The van der Waals surface area contributed by atoms with Gasteiger partial charge in [0.25, 0.3) is 0 Å². The largest absolute Gasteiger partial charge is 0.504 e. The van der Waals surface area contributed by atoms with Crippen LogP contribution in [-0.2, 0) is 18.4 Å². The molecule has 3 heterocycles. The van der Waals surface area contributed by atoms with Crippen molar-refractivity contribution in [2.45, 2.75) is 87.1 Å². The van der Waals surface area contributed by atoms with E-state index in [0.29, 0.717) is 23.4 Å². The van der Waals surface area contributed by atoms with Crippen molar-refractivity contribution in [2.75, 3.05) is 13.1 Å². The number of likely N-dealkylation sites (tertiary alicyclic amines) is 1. The predicted molar refractivity (Wildman–Crippen MR) is 136 cm³/mol. The zero-order valence-corrected chi connectivity index (χ0v) is 21.3. The molecule has 0 radical (unpaired) electrons. The van der Waals surface area contributed by atoms with Gasteiger partial charge in [-0.05, 0) is 87.6 Å². The van der Waals surface area contributed by atoms with Gasteiger partial charge in [-0.15, -0.1) is 0 Å². The van der Waals surface area contributed by atoms with E-state index in [9.17, 15) is 10.2 Å². The fourth-order valence-corrected chi connectivity index (χ4v) is 9.07. The number of hydrogen-bond acceptors (Lipinski definition) is 6. The Balaban J connectivity index is 1.18. The van der Waals surface area contributed by atoms with Gasteiger partial charge in [-0.25, -0.2) is 0 Å². The molecule has 6 atom stereocenters. The number of nitrogens with zero attached hydrogens (tertiary/aromatic N) is 2. The van der Waals surface area contributed by atoms with Crippen molar-refractivity contribution in [3.05, 3.63) is 52.3 Å². The molecule has 1 aromatic carbocycles. The molecular formula is C29H34ClN3O3. The molecule has 190 valence electrons. The molecule has 1 aromatic heterocycles. The van der Waals surface area contributed by atoms with Gasteiger partial charge in [0, 0.05) is 42.3 Å². The van der Waals surface area contributed by atoms with Crippen LogP contribution >= 0.6 is 11.6 Å². The van der Waals surface area contributed by atoms with Crippen LogP contribution in [0.4, 0.5) is 0 Å². The van der Waals surface area contributed by atoms with E-state index in [0.717, 1.165) is 68.8 Å². The van der Waals surface area contributed by atoms with Gasteiger partial charge in [-0.3, -0.25) is 9.88 Å². The highest BCUT2D eigenvalue weighted by molar-refractivity contribution is 6.30. The van der Waals surface area contributed by atoms with E-state index in [1.807, 2.05) is 18.2 Å². The number of halogens is 1. The van der Waals surface area contributed by atoms with E-state index < -0.39 is 11.0 Å². The lowest BCUT2D eigenvalue weighted by molar-refractivity contribution is -0.236. The van der Waals surface area contributed by atoms with Crippen LogP contribution in [0, 0.1) is 11.3 Å². The molecule has 6 nitrogen and oxygen atoms in total. The van der Waals surface area contributed by atoms with Crippen LogP contribution in [0.1, 0.15) is 61.8 Å². The number of phenols is 1. The zero-order chi connectivity index (χ0) is 24.3. The van der Waals surface area contributed by atoms with E-state index in [2.05, 4.69) is 21.3 Å². The van der Waals surface area contributed by atoms with Gasteiger partial charge in [0.05, 0.1) is 21.7 Å². The lowest BCUT2D eigenvalue weighted by atomic mass is 9.40. The molecule has 2 spiro atoms. The first-order chi connectivity index (χ1) is 17.4. The maximum Gasteiger partial charge on any atom is 0.165 e. The highest BCUT2D eigenvalue weighted by Crippen LogP contribution is 2.71. The molecular weight excluding hydrogens is 474 g/mol. The number of aromatic hydroxyl groups is 1. The van der Waals surface area contributed by atoms with Gasteiger partial charge in [0.1, 0.15) is 6.10 Å². The fourth-order valence-electron chi connectivity index (χ4n) is 8.96. The minimum Gasteiger partial charge on any atom is -0.504 e. The number of fused-ring (bicyclic) bond motifs is 1. The number of hydrogen-bond donors (Lipinski definition) is 3. The van der Waals surface area contributed by atoms with E-state index >= 15 is 0 Å². The van der Waals surface area contributed by atoms with Crippen LogP contribution < -0.4 is 10.1 Å². The second-order valence-corrected chi connectivity index (χ2v) is 12.9. The minimum atomic E-state index is -0.819. The summed E-state index contributed by atoms with van der Waals surface area (Å²) in [7, 11) is 0. The molecule has 1 saturated heterocycles. The molecule has 3 saturated carbocycles. The minimum absolute atomic E-state index is 0.0536. The van der Waals surface area contributed by atoms with Crippen molar-refractivity contribution >= 4 is 11.6 Å². The molecule has 36 heavy (non-hydrogen) atoms. The van der Waals surface area contributed by atoms with Gasteiger partial charge in [0.2, 0.25) is 0 Å². The lowest BCUT2D eigenvalue weighted by Crippen LogP contribution is -2.80. The van der Waals surface area contributed by atoms with Crippen LogP contribution in [0.2, 0.25) is 5.02 Å². The summed E-state index contributed by atoms with van der Waals surface area (Å²) in [5.74, 6) is 1.67. The summed E-state index contributed by atoms with van der Waals surface area (Å²) in [5.41, 5.74) is 2.06. The first-order valence-electron chi connectivity index (χ1n) is 13.8. The SMILES string of the molecule is Oc1ccc2c3c1O[C@H]1[C@@]4(CC[C@H]4NCc4ccc(Cl)cn4)CC[C@@]4(O)[C@@H](C2)N(CC2CC2)CC[C@]314. The normalized spacial score (nSPS) is 40.0. The quantitative estimate of drug-likeness (QED) is 0.569. The number of nitrogens with one attached hydrogen (secondary N) is 1. The topological polar surface area (TPSA) is 77.8 Å². The summed E-state index contributed by atoms with van der Waals surface area (Å²) in [4.78, 5) is 7.08. The Bertz CT molecular complexity index is 1240. The van der Waals surface area contributed by atoms with Gasteiger partial charge in [0.15, 0.2) is 11.5 Å². The lowest BCUT2D eigenvalue weighted by Gasteiger charge is -2.69. The molecule has 3 N–H and O–H groups in total. The number of aromatic nitrogens is 1. The molecule has 6 aliphatic rings. The zero-order valence-electron chi connectivity index (χ0n) is 20.5. The molecule has 2 bridgehead atoms. The second kappa shape index (κ2) is 7.37. The summed E-state index contributed by atoms with van der Waals surface area (Å²) in [6, 6.07) is 8.20. The van der Waals surface area contributed by atoms with E-state index in [-0.39, 0.29) is 23.3 Å². The smallest absolute Gasteiger partial charge is 0.165 e. The molecule has 4 fully saturated rings. The number of piperidine rings is 1. The van der Waals surface area contributed by atoms with Crippen molar-refractivity contribution in [3.8, 4) is 11.5 Å². The average molecular weight is 508 g/mol. The third-order valence-electron chi connectivity index (χ3n) is 10.9. The summed E-state index contributed by atoms with van der Waals surface area (Å²) >= 11 is 6.04. The van der Waals surface area contributed by atoms with Crippen molar-refractivity contribution in [1.82, 2.24) is 15.2 Å². The van der Waals surface area contributed by atoms with E-state index in [1.54, 1.807) is 6.20 Å². The first kappa shape index (κ1) is 22.2. The third-order valence-corrected chi connectivity index (χ3v) is 11.1. The summed E-state index contributed by atoms with van der Waals surface area (Å²) in [6.45, 7) is 2.80. The van der Waals surface area contributed by atoms with Gasteiger partial charge in [-0.1, -0.05) is 17.7 Å². The predicted octanol–water partition coefficient (Wildman–Crippen LogP) is 3.94. The molecule has 0 amide bonds. The highest BCUT2D eigenvalue weighted by Gasteiger charge is 2.77. The molecule has 8 rings (SSSR count). The number of phenolic OH excluding ortho intramolecular Hbond substituents is 1. The Hall–Kier alpha value is -1.86. The number of ether oxygens (including phenoxy) is 1. The Kier molecular flexibility index (Phi) is 4.54. The summed E-state index contributed by atoms with van der Waals surface area (Å²) in [6.07, 6.45) is 9.89. The first-order valence-corrected chi connectivity index (χ1v) is 14.1. The number of rotatable bonds is 5. The third kappa shape index (κ3) is 2.72. The molecule has 4 aliphatic carbocycles. The van der Waals surface area contributed by atoms with Crippen molar-refractivity contribution in [2.24, 2.45) is 11.3 Å². The number of aliphatic hydroxyl groups is 1. The number of benzene rings is 1. The van der Waals surface area contributed by atoms with Gasteiger partial charge < -0.3 is 20.3 Å². The van der Waals surface area contributed by atoms with Crippen molar-refractivity contribution < 1.29 is 14.9 Å². The van der Waals surface area contributed by atoms with Crippen molar-refractivity contribution in [3.63, 3.8) is 0 Å². The molecule has 2 aliphatic heterocycles. The van der Waals surface area contributed by atoms with E-state index in [4.69, 9.17) is 16.3 Å². The fraction of sp³-hybridized carbons (Fsp3) is 0.621. The Labute approximate surface area is 217 Å². The standard InChI is InChI=1S/C29H34ClN3O3/c30-19-4-5-20(31-14-19)15-32-22-7-8-27(22)9-10-29(35)23-13-18-3-6-21(34)25-24(18)28(29,26(27)36-25)11-12-33(23)16-17-1-2-17/h3-6,14,17,22-23,26,32,34-35H,1-2,7-13,15-16H2/t22-,23-,26+,27+,28+,29-/m1/s1. The monoisotopic (exact) mass is 507 g/mol. The Morgan fingerprint density at radius 1 is 1.11 bits per heavy atom. The summed E-state index contributed by atoms with van der Waals surface area (Å²) in [5, 5.41) is 28.1.